The van der Waals surface area contributed by atoms with Crippen molar-refractivity contribution in [3.05, 3.63) is 0 Å². The van der Waals surface area contributed by atoms with E-state index in [0.717, 1.165) is 44.6 Å². The van der Waals surface area contributed by atoms with Crippen molar-refractivity contribution in [3.63, 3.8) is 0 Å². The molecule has 4 nitrogen and oxygen atoms in total. The van der Waals surface area contributed by atoms with Gasteiger partial charge in [0.25, 0.3) is 0 Å². The van der Waals surface area contributed by atoms with E-state index in [1.165, 1.54) is 0 Å². The van der Waals surface area contributed by atoms with Crippen LogP contribution in [0, 0.1) is 0 Å². The molecule has 0 radical (unpaired) electrons. The molecule has 5 heteroatoms. The van der Waals surface area contributed by atoms with Gasteiger partial charge in [-0.2, -0.15) is 11.8 Å². The Kier molecular flexibility index (Phi) is 7.18. The summed E-state index contributed by atoms with van der Waals surface area (Å²) in [5, 5.41) is 3.89. The van der Waals surface area contributed by atoms with Gasteiger partial charge in [0.1, 0.15) is 0 Å². The molecule has 1 saturated heterocycles. The van der Waals surface area contributed by atoms with Crippen molar-refractivity contribution in [2.75, 3.05) is 18.9 Å². The van der Waals surface area contributed by atoms with Gasteiger partial charge in [0, 0.05) is 11.9 Å². The van der Waals surface area contributed by atoms with E-state index in [-0.39, 0.29) is 5.91 Å². The second-order valence-corrected chi connectivity index (χ2v) is 6.85. The monoisotopic (exact) mass is 288 g/mol. The first-order valence-electron chi connectivity index (χ1n) is 7.27. The molecule has 112 valence electrons. The minimum atomic E-state index is -0.561. The van der Waals surface area contributed by atoms with Crippen LogP contribution in [0.15, 0.2) is 0 Å². The van der Waals surface area contributed by atoms with Crippen LogP contribution in [0.25, 0.3) is 0 Å². The average molecular weight is 288 g/mol. The highest BCUT2D eigenvalue weighted by molar-refractivity contribution is 7.99. The summed E-state index contributed by atoms with van der Waals surface area (Å²) in [4.78, 5) is 11.6. The lowest BCUT2D eigenvalue weighted by Crippen LogP contribution is -2.53. The number of hydrogen-bond acceptors (Lipinski definition) is 4. The lowest BCUT2D eigenvalue weighted by Gasteiger charge is -2.27. The highest BCUT2D eigenvalue weighted by Gasteiger charge is 2.30. The molecule has 3 atom stereocenters. The van der Waals surface area contributed by atoms with Crippen LogP contribution in [-0.2, 0) is 9.53 Å². The van der Waals surface area contributed by atoms with Crippen LogP contribution in [0.2, 0.25) is 0 Å². The van der Waals surface area contributed by atoms with Gasteiger partial charge < -0.3 is 15.8 Å². The fraction of sp³-hybridized carbons (Fsp3) is 0.929. The Balaban J connectivity index is 2.26. The molecule has 1 aliphatic rings. The quantitative estimate of drug-likeness (QED) is 0.636. The van der Waals surface area contributed by atoms with Gasteiger partial charge in [-0.05, 0) is 51.8 Å². The number of nitrogens with one attached hydrogen (secondary N) is 1. The second kappa shape index (κ2) is 8.12. The van der Waals surface area contributed by atoms with E-state index in [1.54, 1.807) is 0 Å². The van der Waals surface area contributed by atoms with Crippen molar-refractivity contribution < 1.29 is 9.53 Å². The highest BCUT2D eigenvalue weighted by atomic mass is 32.2. The maximum Gasteiger partial charge on any atom is 0.237 e. The third kappa shape index (κ3) is 5.32. The Morgan fingerprint density at radius 1 is 1.58 bits per heavy atom. The normalized spacial score (nSPS) is 26.3. The summed E-state index contributed by atoms with van der Waals surface area (Å²) in [6.07, 6.45) is 4.33. The summed E-state index contributed by atoms with van der Waals surface area (Å²) in [6, 6.07) is 0. The predicted molar refractivity (Wildman–Crippen MR) is 81.4 cm³/mol. The van der Waals surface area contributed by atoms with E-state index in [2.05, 4.69) is 19.2 Å². The van der Waals surface area contributed by atoms with Gasteiger partial charge in [0.05, 0.1) is 11.6 Å². The lowest BCUT2D eigenvalue weighted by atomic mass is 9.95. The average Bonchev–Trinajstić information content (AvgIpc) is 2.78. The van der Waals surface area contributed by atoms with Crippen LogP contribution in [0.5, 0.6) is 0 Å². The van der Waals surface area contributed by atoms with Crippen molar-refractivity contribution in [3.8, 4) is 0 Å². The summed E-state index contributed by atoms with van der Waals surface area (Å²) < 4.78 is 5.55. The fourth-order valence-electron chi connectivity index (χ4n) is 2.29. The molecule has 3 N–H and O–H groups in total. The molecule has 1 rings (SSSR count). The Hall–Kier alpha value is -0.260. The Morgan fingerprint density at radius 3 is 2.84 bits per heavy atom. The van der Waals surface area contributed by atoms with Gasteiger partial charge in [-0.3, -0.25) is 4.79 Å². The summed E-state index contributed by atoms with van der Waals surface area (Å²) in [5.41, 5.74) is 4.95. The smallest absolute Gasteiger partial charge is 0.237 e. The Morgan fingerprint density at radius 2 is 2.32 bits per heavy atom. The Bertz CT molecular complexity index is 289. The van der Waals surface area contributed by atoms with Crippen molar-refractivity contribution >= 4 is 17.7 Å². The van der Waals surface area contributed by atoms with Crippen LogP contribution in [0.4, 0.5) is 0 Å². The minimum Gasteiger partial charge on any atom is -0.377 e. The molecule has 0 aromatic heterocycles. The van der Waals surface area contributed by atoms with Crippen LogP contribution in [0.3, 0.4) is 0 Å². The van der Waals surface area contributed by atoms with Gasteiger partial charge in [-0.25, -0.2) is 0 Å². The molecule has 0 aromatic rings. The molecule has 19 heavy (non-hydrogen) atoms. The molecule has 0 aromatic carbocycles. The highest BCUT2D eigenvalue weighted by Crippen LogP contribution is 2.27. The molecule has 1 aliphatic heterocycles. The summed E-state index contributed by atoms with van der Waals surface area (Å²) in [5.74, 6) is 0.818. The molecule has 3 unspecified atom stereocenters. The molecule has 0 spiro atoms. The molecular formula is C14H28N2O2S. The van der Waals surface area contributed by atoms with Gasteiger partial charge in [0.15, 0.2) is 0 Å². The largest absolute Gasteiger partial charge is 0.377 e. The standard InChI is InChI=1S/C14H28N2O2S/c1-4-8-16-14(3,13(15)17)7-5-10-19-12-6-9-18-11(12)2/h11-12,16H,4-10H2,1-3H3,(H2,15,17). The second-order valence-electron chi connectivity index (χ2n) is 5.50. The van der Waals surface area contributed by atoms with Crippen LogP contribution < -0.4 is 11.1 Å². The van der Waals surface area contributed by atoms with E-state index >= 15 is 0 Å². The first-order chi connectivity index (χ1) is 8.99. The summed E-state index contributed by atoms with van der Waals surface area (Å²) in [6.45, 7) is 7.86. The number of carbonyl (C=O) groups excluding carboxylic acids is 1. The van der Waals surface area contributed by atoms with E-state index < -0.39 is 5.54 Å². The van der Waals surface area contributed by atoms with Crippen LogP contribution in [0.1, 0.15) is 46.5 Å². The first kappa shape index (κ1) is 16.8. The topological polar surface area (TPSA) is 64.3 Å². The van der Waals surface area contributed by atoms with E-state index in [1.807, 2.05) is 18.7 Å². The number of carbonyl (C=O) groups is 1. The number of ether oxygens (including phenoxy) is 1. The van der Waals surface area contributed by atoms with E-state index in [4.69, 9.17) is 10.5 Å². The number of rotatable bonds is 9. The molecule has 0 saturated carbocycles. The third-order valence-corrected chi connectivity index (χ3v) is 5.34. The zero-order valence-corrected chi connectivity index (χ0v) is 13.2. The van der Waals surface area contributed by atoms with Crippen molar-refractivity contribution in [1.29, 1.82) is 0 Å². The predicted octanol–water partition coefficient (Wildman–Crippen LogP) is 1.92. The van der Waals surface area contributed by atoms with Crippen molar-refractivity contribution in [2.24, 2.45) is 5.73 Å². The molecule has 1 fully saturated rings. The third-order valence-electron chi connectivity index (χ3n) is 3.77. The maximum absolute atomic E-state index is 11.6. The number of nitrogens with two attached hydrogens (primary N) is 1. The molecule has 0 aliphatic carbocycles. The lowest BCUT2D eigenvalue weighted by molar-refractivity contribution is -0.124. The number of hydrogen-bond donors (Lipinski definition) is 2. The van der Waals surface area contributed by atoms with E-state index in [9.17, 15) is 4.79 Å². The zero-order valence-electron chi connectivity index (χ0n) is 12.4. The van der Waals surface area contributed by atoms with Crippen LogP contribution >= 0.6 is 11.8 Å². The van der Waals surface area contributed by atoms with Crippen LogP contribution in [-0.4, -0.2) is 41.7 Å². The Labute approximate surface area is 121 Å². The van der Waals surface area contributed by atoms with Gasteiger partial charge in [0.2, 0.25) is 5.91 Å². The minimum absolute atomic E-state index is 0.247. The van der Waals surface area contributed by atoms with Crippen molar-refractivity contribution in [1.82, 2.24) is 5.32 Å². The summed E-state index contributed by atoms with van der Waals surface area (Å²) in [7, 11) is 0. The zero-order chi connectivity index (χ0) is 14.3. The first-order valence-corrected chi connectivity index (χ1v) is 8.32. The summed E-state index contributed by atoms with van der Waals surface area (Å²) >= 11 is 1.96. The fourth-order valence-corrected chi connectivity index (χ4v) is 3.52. The van der Waals surface area contributed by atoms with Gasteiger partial charge >= 0.3 is 0 Å². The molecule has 1 amide bonds. The molecular weight excluding hydrogens is 260 g/mol. The van der Waals surface area contributed by atoms with Gasteiger partial charge in [-0.1, -0.05) is 6.92 Å². The maximum atomic E-state index is 11.6. The number of thioether (sulfide) groups is 1. The van der Waals surface area contributed by atoms with E-state index in [0.29, 0.717) is 11.4 Å². The molecule has 1 heterocycles. The van der Waals surface area contributed by atoms with Gasteiger partial charge in [-0.15, -0.1) is 0 Å². The van der Waals surface area contributed by atoms with Crippen molar-refractivity contribution in [2.45, 2.75) is 63.3 Å². The number of primary amides is 1. The SMILES string of the molecule is CCCNC(C)(CCCSC1CCOC1C)C(N)=O. The molecule has 0 bridgehead atoms. The number of amides is 1.